The van der Waals surface area contributed by atoms with Crippen molar-refractivity contribution in [1.82, 2.24) is 5.32 Å². The largest absolute Gasteiger partial charge is 0.454 e. The maximum absolute atomic E-state index is 13.4. The number of hydrogen-bond donors (Lipinski definition) is 6. The zero-order chi connectivity index (χ0) is 57.5. The lowest BCUT2D eigenvalue weighted by Gasteiger charge is -2.41. The van der Waals surface area contributed by atoms with E-state index in [0.29, 0.717) is 12.8 Å². The summed E-state index contributed by atoms with van der Waals surface area (Å²) < 4.78 is 17.6. The number of aliphatic hydroxyl groups is 5. The van der Waals surface area contributed by atoms with E-state index in [1.807, 2.05) is 18.2 Å². The Hall–Kier alpha value is -3.94. The molecule has 0 saturated carbocycles. The first-order valence-corrected chi connectivity index (χ1v) is 31.3. The van der Waals surface area contributed by atoms with E-state index in [1.165, 1.54) is 77.0 Å². The highest BCUT2D eigenvalue weighted by Crippen LogP contribution is 2.26. The molecule has 6 N–H and O–H groups in total. The van der Waals surface area contributed by atoms with Crippen molar-refractivity contribution < 1.29 is 49.3 Å². The maximum atomic E-state index is 13.4. The van der Waals surface area contributed by atoms with Gasteiger partial charge in [-0.1, -0.05) is 239 Å². The first kappa shape index (κ1) is 73.1. The van der Waals surface area contributed by atoms with Crippen LogP contribution < -0.4 is 5.32 Å². The second-order valence-electron chi connectivity index (χ2n) is 21.0. The standard InChI is InChI=1S/C68H113NO10/c1-4-7-10-13-16-19-22-25-27-29-30-31-32-33-35-38-41-44-47-50-53-56-63(73)79-66-65(75)64(74)62(57-70)78-68(66)77-58-59(60(71)54-51-48-45-42-39-36-24-21-18-15-12-9-6-3)69-67(76)61(72)55-52-49-46-43-40-37-34-28-26-23-20-17-14-11-8-5-2/h8,11,16-17,19-20,25-28,30-31,33,35,37,40,46,49,51,54,59-62,64-66,68,70-72,74-75H,4-7,9-10,12-15,18,21-24,29,32,34,36,38-39,41-45,47-48,50,52-53,55-58H2,1-3H3,(H,69,76)/b11-8-,19-16-,20-17-,27-25-,28-26-,31-30-,35-33-,40-37-,49-46-,54-51+. The van der Waals surface area contributed by atoms with Gasteiger partial charge in [0.25, 0.3) is 0 Å². The van der Waals surface area contributed by atoms with Gasteiger partial charge in [-0.05, 0) is 109 Å². The SMILES string of the molecule is CC/C=C\C/C=C\C/C=C\C/C=C\C/C=C\CCC(O)C(=O)NC(COC1OC(CO)C(O)C(O)C1OC(=O)CCCCCCC/C=C\C/C=C\C/C=C\C/C=C\CCCCC)C(O)/C=C/CCCCCCCCCCCCC. The third kappa shape index (κ3) is 42.6. The van der Waals surface area contributed by atoms with Crippen LogP contribution in [0.4, 0.5) is 0 Å². The molecule has 0 radical (unpaired) electrons. The van der Waals surface area contributed by atoms with Gasteiger partial charge in [0, 0.05) is 6.42 Å². The predicted molar refractivity (Wildman–Crippen MR) is 328 cm³/mol. The van der Waals surface area contributed by atoms with Crippen molar-refractivity contribution in [1.29, 1.82) is 0 Å². The van der Waals surface area contributed by atoms with Crippen molar-refractivity contribution >= 4 is 11.9 Å². The second-order valence-corrected chi connectivity index (χ2v) is 21.0. The number of hydrogen-bond acceptors (Lipinski definition) is 10. The number of nitrogens with one attached hydrogen (secondary N) is 1. The molecule has 8 unspecified atom stereocenters. The van der Waals surface area contributed by atoms with E-state index in [-0.39, 0.29) is 19.4 Å². The van der Waals surface area contributed by atoms with Crippen LogP contribution in [0.25, 0.3) is 0 Å². The van der Waals surface area contributed by atoms with E-state index >= 15 is 0 Å². The topological polar surface area (TPSA) is 175 Å². The summed E-state index contributed by atoms with van der Waals surface area (Å²) in [5, 5.41) is 56.9. The highest BCUT2D eigenvalue weighted by atomic mass is 16.7. The minimum Gasteiger partial charge on any atom is -0.454 e. The van der Waals surface area contributed by atoms with Crippen LogP contribution in [0, 0.1) is 0 Å². The van der Waals surface area contributed by atoms with E-state index in [2.05, 4.69) is 123 Å². The molecule has 8 atom stereocenters. The molecule has 11 nitrogen and oxygen atoms in total. The van der Waals surface area contributed by atoms with Gasteiger partial charge >= 0.3 is 5.97 Å². The van der Waals surface area contributed by atoms with Crippen LogP contribution >= 0.6 is 0 Å². The van der Waals surface area contributed by atoms with E-state index in [1.54, 1.807) is 6.08 Å². The highest BCUT2D eigenvalue weighted by Gasteiger charge is 2.47. The third-order valence-corrected chi connectivity index (χ3v) is 13.9. The Balaban J connectivity index is 2.74. The molecule has 0 aliphatic carbocycles. The van der Waals surface area contributed by atoms with Crippen LogP contribution in [-0.2, 0) is 23.8 Å². The summed E-state index contributed by atoms with van der Waals surface area (Å²) in [4.78, 5) is 26.5. The number of allylic oxidation sites excluding steroid dienone is 19. The van der Waals surface area contributed by atoms with Gasteiger partial charge in [0.05, 0.1) is 25.4 Å². The van der Waals surface area contributed by atoms with E-state index in [0.717, 1.165) is 109 Å². The van der Waals surface area contributed by atoms with Crippen molar-refractivity contribution in [3.05, 3.63) is 122 Å². The monoisotopic (exact) mass is 1100 g/mol. The number of rotatable bonds is 51. The summed E-state index contributed by atoms with van der Waals surface area (Å²) in [6.07, 6.45) is 65.2. The molecular weight excluding hydrogens is 991 g/mol. The Kier molecular flexibility index (Phi) is 50.5. The number of carbonyl (C=O) groups is 2. The number of amides is 1. The molecular formula is C68H113NO10. The summed E-state index contributed by atoms with van der Waals surface area (Å²) in [6, 6.07) is -1.07. The lowest BCUT2D eigenvalue weighted by Crippen LogP contribution is -2.61. The smallest absolute Gasteiger partial charge is 0.306 e. The molecule has 11 heteroatoms. The molecule has 0 aromatic carbocycles. The zero-order valence-corrected chi connectivity index (χ0v) is 49.7. The fourth-order valence-corrected chi connectivity index (χ4v) is 8.90. The number of carbonyl (C=O) groups excluding carboxylic acids is 2. The fourth-order valence-electron chi connectivity index (χ4n) is 8.90. The Morgan fingerprint density at radius 1 is 0.506 bits per heavy atom. The van der Waals surface area contributed by atoms with Gasteiger partial charge in [-0.25, -0.2) is 0 Å². The molecule has 0 spiro atoms. The molecule has 1 fully saturated rings. The lowest BCUT2D eigenvalue weighted by molar-refractivity contribution is -0.305. The number of ether oxygens (including phenoxy) is 3. The third-order valence-electron chi connectivity index (χ3n) is 13.9. The number of unbranched alkanes of at least 4 members (excludes halogenated alkanes) is 19. The minimum atomic E-state index is -1.64. The van der Waals surface area contributed by atoms with Crippen LogP contribution in [0.2, 0.25) is 0 Å². The number of aliphatic hydroxyl groups excluding tert-OH is 5. The van der Waals surface area contributed by atoms with Gasteiger partial charge in [0.1, 0.15) is 24.4 Å². The molecule has 1 rings (SSSR count). The highest BCUT2D eigenvalue weighted by molar-refractivity contribution is 5.80. The minimum absolute atomic E-state index is 0.0888. The van der Waals surface area contributed by atoms with Gasteiger partial charge < -0.3 is 45.1 Å². The van der Waals surface area contributed by atoms with Gasteiger partial charge in [-0.3, -0.25) is 9.59 Å². The van der Waals surface area contributed by atoms with Crippen LogP contribution in [0.1, 0.15) is 233 Å². The Bertz CT molecular complexity index is 1740. The fraction of sp³-hybridized carbons (Fsp3) is 0.676. The van der Waals surface area contributed by atoms with E-state index in [9.17, 15) is 35.1 Å². The average molecular weight is 1100 g/mol. The molecule has 0 aromatic heterocycles. The van der Waals surface area contributed by atoms with Gasteiger partial charge in [-0.15, -0.1) is 0 Å². The van der Waals surface area contributed by atoms with Crippen molar-refractivity contribution in [2.45, 2.75) is 282 Å². The molecule has 1 heterocycles. The first-order chi connectivity index (χ1) is 38.7. The maximum Gasteiger partial charge on any atom is 0.306 e. The Morgan fingerprint density at radius 2 is 0.911 bits per heavy atom. The number of esters is 1. The van der Waals surface area contributed by atoms with Crippen molar-refractivity contribution in [2.24, 2.45) is 0 Å². The normalized spacial score (nSPS) is 19.7. The molecule has 1 aliphatic rings. The Morgan fingerprint density at radius 3 is 1.39 bits per heavy atom. The Labute approximate surface area is 480 Å². The first-order valence-electron chi connectivity index (χ1n) is 31.3. The van der Waals surface area contributed by atoms with Crippen molar-refractivity contribution in [2.75, 3.05) is 13.2 Å². The van der Waals surface area contributed by atoms with E-state index in [4.69, 9.17) is 14.2 Å². The molecule has 79 heavy (non-hydrogen) atoms. The van der Waals surface area contributed by atoms with Crippen molar-refractivity contribution in [3.63, 3.8) is 0 Å². The predicted octanol–water partition coefficient (Wildman–Crippen LogP) is 15.1. The molecule has 450 valence electrons. The van der Waals surface area contributed by atoms with Crippen molar-refractivity contribution in [3.8, 4) is 0 Å². The molecule has 1 amide bonds. The summed E-state index contributed by atoms with van der Waals surface area (Å²) in [5.41, 5.74) is 0. The molecule has 1 aliphatic heterocycles. The van der Waals surface area contributed by atoms with Crippen LogP contribution in [0.15, 0.2) is 122 Å². The van der Waals surface area contributed by atoms with E-state index < -0.39 is 67.4 Å². The summed E-state index contributed by atoms with van der Waals surface area (Å²) in [7, 11) is 0. The summed E-state index contributed by atoms with van der Waals surface area (Å²) in [6.45, 7) is 5.59. The zero-order valence-electron chi connectivity index (χ0n) is 49.7. The van der Waals surface area contributed by atoms with Crippen LogP contribution in [0.5, 0.6) is 0 Å². The lowest BCUT2D eigenvalue weighted by atomic mass is 9.99. The quantitative estimate of drug-likeness (QED) is 0.0195. The second kappa shape index (κ2) is 54.6. The summed E-state index contributed by atoms with van der Waals surface area (Å²) in [5.74, 6) is -1.28. The molecule has 1 saturated heterocycles. The van der Waals surface area contributed by atoms with Gasteiger partial charge in [-0.2, -0.15) is 0 Å². The van der Waals surface area contributed by atoms with Crippen LogP contribution in [-0.4, -0.2) is 99.6 Å². The summed E-state index contributed by atoms with van der Waals surface area (Å²) >= 11 is 0. The molecule has 0 aromatic rings. The average Bonchev–Trinajstić information content (AvgIpc) is 3.49. The molecule has 0 bridgehead atoms. The van der Waals surface area contributed by atoms with Gasteiger partial charge in [0.15, 0.2) is 12.4 Å². The van der Waals surface area contributed by atoms with Gasteiger partial charge in [0.2, 0.25) is 5.91 Å². The van der Waals surface area contributed by atoms with Crippen LogP contribution in [0.3, 0.4) is 0 Å².